The summed E-state index contributed by atoms with van der Waals surface area (Å²) >= 11 is 5.88. The molecule has 3 rings (SSSR count). The standard InChI is InChI=1S/C19H20ClFN2O3S/c1-13(14-4-6-15(20)7-5-14)22-19(24)18-3-2-12-23(18)27(25,26)17-10-8-16(21)9-11-17/h4-11,13,18H,2-3,12H2,1H3,(H,22,24)/t13-,18-/m1/s1. The Morgan fingerprint density at radius 2 is 1.81 bits per heavy atom. The molecule has 1 aliphatic heterocycles. The Labute approximate surface area is 163 Å². The Kier molecular flexibility index (Phi) is 5.83. The molecule has 0 aromatic heterocycles. The maximum absolute atomic E-state index is 13.1. The van der Waals surface area contributed by atoms with Crippen molar-refractivity contribution in [1.82, 2.24) is 9.62 Å². The fourth-order valence-electron chi connectivity index (χ4n) is 3.18. The van der Waals surface area contributed by atoms with Crippen LogP contribution in [0.1, 0.15) is 31.4 Å². The molecule has 1 saturated heterocycles. The van der Waals surface area contributed by atoms with Crippen LogP contribution in [0.4, 0.5) is 4.39 Å². The van der Waals surface area contributed by atoms with Gasteiger partial charge < -0.3 is 5.32 Å². The van der Waals surface area contributed by atoms with Crippen molar-refractivity contribution in [3.63, 3.8) is 0 Å². The number of carbonyl (C=O) groups excluding carboxylic acids is 1. The highest BCUT2D eigenvalue weighted by atomic mass is 35.5. The van der Waals surface area contributed by atoms with Gasteiger partial charge in [-0.2, -0.15) is 4.31 Å². The highest BCUT2D eigenvalue weighted by Crippen LogP contribution is 2.27. The highest BCUT2D eigenvalue weighted by Gasteiger charge is 2.39. The van der Waals surface area contributed by atoms with Crippen molar-refractivity contribution in [3.8, 4) is 0 Å². The minimum Gasteiger partial charge on any atom is -0.348 e. The molecule has 27 heavy (non-hydrogen) atoms. The molecule has 0 bridgehead atoms. The van der Waals surface area contributed by atoms with Gasteiger partial charge >= 0.3 is 0 Å². The molecule has 2 aromatic carbocycles. The second-order valence-electron chi connectivity index (χ2n) is 6.51. The predicted octanol–water partition coefficient (Wildman–Crippen LogP) is 3.51. The quantitative estimate of drug-likeness (QED) is 0.820. The van der Waals surface area contributed by atoms with Crippen LogP contribution in [0.15, 0.2) is 53.4 Å². The lowest BCUT2D eigenvalue weighted by molar-refractivity contribution is -0.124. The second-order valence-corrected chi connectivity index (χ2v) is 8.84. The molecular formula is C19H20ClFN2O3S. The average Bonchev–Trinajstić information content (AvgIpc) is 3.13. The molecular weight excluding hydrogens is 391 g/mol. The molecule has 1 amide bonds. The summed E-state index contributed by atoms with van der Waals surface area (Å²) in [5.41, 5.74) is 0.874. The van der Waals surface area contributed by atoms with Crippen LogP contribution in [0, 0.1) is 5.82 Å². The number of hydrogen-bond acceptors (Lipinski definition) is 3. The molecule has 0 unspecified atom stereocenters. The van der Waals surface area contributed by atoms with Crippen LogP contribution in [0.3, 0.4) is 0 Å². The number of hydrogen-bond donors (Lipinski definition) is 1. The molecule has 8 heteroatoms. The van der Waals surface area contributed by atoms with Crippen LogP contribution in [0.25, 0.3) is 0 Å². The normalized spacial score (nSPS) is 19.0. The Morgan fingerprint density at radius 3 is 2.44 bits per heavy atom. The maximum Gasteiger partial charge on any atom is 0.243 e. The minimum atomic E-state index is -3.87. The molecule has 1 aliphatic rings. The summed E-state index contributed by atoms with van der Waals surface area (Å²) in [5.74, 6) is -0.859. The first-order chi connectivity index (χ1) is 12.8. The van der Waals surface area contributed by atoms with Gasteiger partial charge in [-0.1, -0.05) is 23.7 Å². The molecule has 2 aromatic rings. The number of sulfonamides is 1. The summed E-state index contributed by atoms with van der Waals surface area (Å²) in [7, 11) is -3.87. The van der Waals surface area contributed by atoms with Crippen LogP contribution in [-0.4, -0.2) is 31.2 Å². The third-order valence-corrected chi connectivity index (χ3v) is 6.83. The Bertz CT molecular complexity index is 917. The zero-order valence-electron chi connectivity index (χ0n) is 14.7. The summed E-state index contributed by atoms with van der Waals surface area (Å²) in [6.45, 7) is 2.09. The van der Waals surface area contributed by atoms with Crippen LogP contribution in [-0.2, 0) is 14.8 Å². The van der Waals surface area contributed by atoms with Gasteiger partial charge in [0.05, 0.1) is 10.9 Å². The molecule has 1 heterocycles. The van der Waals surface area contributed by atoms with Gasteiger partial charge in [-0.3, -0.25) is 4.79 Å². The average molecular weight is 411 g/mol. The molecule has 0 aliphatic carbocycles. The van der Waals surface area contributed by atoms with Crippen LogP contribution >= 0.6 is 11.6 Å². The van der Waals surface area contributed by atoms with Crippen molar-refractivity contribution in [2.24, 2.45) is 0 Å². The van der Waals surface area contributed by atoms with Gasteiger partial charge in [-0.05, 0) is 61.7 Å². The molecule has 2 atom stereocenters. The summed E-state index contributed by atoms with van der Waals surface area (Å²) in [6.07, 6.45) is 1.04. The Hall–Kier alpha value is -1.96. The van der Waals surface area contributed by atoms with Gasteiger partial charge in [0.15, 0.2) is 0 Å². The summed E-state index contributed by atoms with van der Waals surface area (Å²) in [4.78, 5) is 12.7. The fraction of sp³-hybridized carbons (Fsp3) is 0.316. The molecule has 1 fully saturated rings. The van der Waals surface area contributed by atoms with E-state index in [4.69, 9.17) is 11.6 Å². The first kappa shape index (κ1) is 19.8. The van der Waals surface area contributed by atoms with E-state index in [2.05, 4.69) is 5.32 Å². The Balaban J connectivity index is 1.76. The van der Waals surface area contributed by atoms with E-state index in [9.17, 15) is 17.6 Å². The van der Waals surface area contributed by atoms with E-state index in [0.717, 1.165) is 17.7 Å². The fourth-order valence-corrected chi connectivity index (χ4v) is 4.96. The largest absolute Gasteiger partial charge is 0.348 e. The summed E-state index contributed by atoms with van der Waals surface area (Å²) in [6, 6.07) is 10.7. The van der Waals surface area contributed by atoms with Gasteiger partial charge in [0.1, 0.15) is 11.9 Å². The van der Waals surface area contributed by atoms with Gasteiger partial charge in [0, 0.05) is 11.6 Å². The number of carbonyl (C=O) groups is 1. The van der Waals surface area contributed by atoms with E-state index in [0.29, 0.717) is 17.9 Å². The zero-order valence-corrected chi connectivity index (χ0v) is 16.3. The summed E-state index contributed by atoms with van der Waals surface area (Å²) in [5, 5.41) is 3.47. The molecule has 144 valence electrons. The van der Waals surface area contributed by atoms with Crippen molar-refractivity contribution >= 4 is 27.5 Å². The van der Waals surface area contributed by atoms with Gasteiger partial charge in [-0.15, -0.1) is 0 Å². The SMILES string of the molecule is C[C@@H](NC(=O)[C@H]1CCCN1S(=O)(=O)c1ccc(F)cc1)c1ccc(Cl)cc1. The lowest BCUT2D eigenvalue weighted by Gasteiger charge is -2.25. The molecule has 0 radical (unpaired) electrons. The van der Waals surface area contributed by atoms with Crippen molar-refractivity contribution in [3.05, 3.63) is 64.9 Å². The first-order valence-corrected chi connectivity index (χ1v) is 10.4. The van der Waals surface area contributed by atoms with Crippen LogP contribution in [0.5, 0.6) is 0 Å². The third-order valence-electron chi connectivity index (χ3n) is 4.66. The van der Waals surface area contributed by atoms with Gasteiger partial charge in [0.2, 0.25) is 15.9 Å². The van der Waals surface area contributed by atoms with Crippen molar-refractivity contribution in [2.75, 3.05) is 6.54 Å². The monoisotopic (exact) mass is 410 g/mol. The second kappa shape index (κ2) is 7.96. The smallest absolute Gasteiger partial charge is 0.243 e. The minimum absolute atomic E-state index is 0.0191. The van der Waals surface area contributed by atoms with E-state index in [1.165, 1.54) is 16.4 Å². The topological polar surface area (TPSA) is 66.5 Å². The number of amides is 1. The lowest BCUT2D eigenvalue weighted by Crippen LogP contribution is -2.46. The molecule has 0 saturated carbocycles. The maximum atomic E-state index is 13.1. The van der Waals surface area contributed by atoms with Crippen LogP contribution < -0.4 is 5.32 Å². The number of nitrogens with one attached hydrogen (secondary N) is 1. The first-order valence-electron chi connectivity index (χ1n) is 8.62. The van der Waals surface area contributed by atoms with E-state index in [1.54, 1.807) is 12.1 Å². The predicted molar refractivity (Wildman–Crippen MR) is 101 cm³/mol. The van der Waals surface area contributed by atoms with Crippen molar-refractivity contribution in [1.29, 1.82) is 0 Å². The lowest BCUT2D eigenvalue weighted by atomic mass is 10.1. The third kappa shape index (κ3) is 4.31. The highest BCUT2D eigenvalue weighted by molar-refractivity contribution is 7.89. The van der Waals surface area contributed by atoms with E-state index >= 15 is 0 Å². The number of benzene rings is 2. The number of halogens is 2. The van der Waals surface area contributed by atoms with Crippen molar-refractivity contribution in [2.45, 2.75) is 36.7 Å². The van der Waals surface area contributed by atoms with Crippen molar-refractivity contribution < 1.29 is 17.6 Å². The van der Waals surface area contributed by atoms with E-state index in [1.807, 2.05) is 19.1 Å². The number of nitrogens with zero attached hydrogens (tertiary/aromatic N) is 1. The molecule has 1 N–H and O–H groups in total. The molecule has 5 nitrogen and oxygen atoms in total. The van der Waals surface area contributed by atoms with E-state index in [-0.39, 0.29) is 23.4 Å². The van der Waals surface area contributed by atoms with Crippen LogP contribution in [0.2, 0.25) is 5.02 Å². The van der Waals surface area contributed by atoms with Gasteiger partial charge in [0.25, 0.3) is 0 Å². The Morgan fingerprint density at radius 1 is 1.19 bits per heavy atom. The molecule has 0 spiro atoms. The zero-order chi connectivity index (χ0) is 19.6. The summed E-state index contributed by atoms with van der Waals surface area (Å²) < 4.78 is 40.0. The van der Waals surface area contributed by atoms with E-state index < -0.39 is 21.9 Å². The number of rotatable bonds is 5. The van der Waals surface area contributed by atoms with Gasteiger partial charge in [-0.25, -0.2) is 12.8 Å².